The van der Waals surface area contributed by atoms with Crippen LogP contribution in [-0.4, -0.2) is 63.6 Å². The van der Waals surface area contributed by atoms with Crippen molar-refractivity contribution in [1.29, 1.82) is 0 Å². The van der Waals surface area contributed by atoms with E-state index in [2.05, 4.69) is 60.1 Å². The van der Waals surface area contributed by atoms with Gasteiger partial charge in [-0.2, -0.15) is 5.10 Å². The number of carbonyl (C=O) groups is 2. The van der Waals surface area contributed by atoms with Crippen molar-refractivity contribution in [3.05, 3.63) is 72.2 Å². The van der Waals surface area contributed by atoms with E-state index in [-0.39, 0.29) is 18.2 Å². The summed E-state index contributed by atoms with van der Waals surface area (Å²) in [6.45, 7) is 3.61. The fourth-order valence-corrected chi connectivity index (χ4v) is 5.16. The third-order valence-corrected chi connectivity index (χ3v) is 7.38. The predicted octanol–water partition coefficient (Wildman–Crippen LogP) is 3.20. The number of benzene rings is 1. The zero-order chi connectivity index (χ0) is 27.1. The topological polar surface area (TPSA) is 120 Å². The summed E-state index contributed by atoms with van der Waals surface area (Å²) in [5.74, 6) is 1.02. The van der Waals surface area contributed by atoms with Gasteiger partial charge in [0.25, 0.3) is 5.91 Å². The van der Waals surface area contributed by atoms with E-state index in [1.54, 1.807) is 16.8 Å². The van der Waals surface area contributed by atoms with Gasteiger partial charge in [0.15, 0.2) is 5.65 Å². The zero-order valence-electron chi connectivity index (χ0n) is 21.9. The Morgan fingerprint density at radius 1 is 0.975 bits per heavy atom. The molecule has 0 spiro atoms. The second kappa shape index (κ2) is 9.99. The first kappa shape index (κ1) is 24.1. The van der Waals surface area contributed by atoms with Gasteiger partial charge in [-0.1, -0.05) is 6.07 Å². The van der Waals surface area contributed by atoms with Crippen molar-refractivity contribution in [3.8, 4) is 0 Å². The van der Waals surface area contributed by atoms with Crippen LogP contribution in [0.5, 0.6) is 0 Å². The van der Waals surface area contributed by atoms with Crippen LogP contribution in [0.1, 0.15) is 24.8 Å². The summed E-state index contributed by atoms with van der Waals surface area (Å²) in [5.41, 5.74) is 4.86. The van der Waals surface area contributed by atoms with Gasteiger partial charge < -0.3 is 20.4 Å². The number of nitrogens with zero attached hydrogens (tertiary/aromatic N) is 6. The number of carbonyl (C=O) groups excluding carboxylic acids is 2. The van der Waals surface area contributed by atoms with Gasteiger partial charge in [0.2, 0.25) is 5.91 Å². The molecular weight excluding hydrogens is 506 g/mol. The SMILES string of the molecule is O=C1C/C(=C/c2cnn3ccc(Nc4cc(NC5CC5)cc(N5CCN(c6ccccn6)CC5)c4)nc23)C(=O)N1. The lowest BCUT2D eigenvalue weighted by Gasteiger charge is -2.37. The van der Waals surface area contributed by atoms with E-state index >= 15 is 0 Å². The molecule has 11 nitrogen and oxygen atoms in total. The first-order chi connectivity index (χ1) is 19.6. The number of anilines is 5. The summed E-state index contributed by atoms with van der Waals surface area (Å²) in [4.78, 5) is 37.7. The lowest BCUT2D eigenvalue weighted by atomic mass is 10.1. The summed E-state index contributed by atoms with van der Waals surface area (Å²) in [5, 5.41) is 13.8. The van der Waals surface area contributed by atoms with Crippen LogP contribution in [0, 0.1) is 0 Å². The van der Waals surface area contributed by atoms with Gasteiger partial charge in [0.05, 0.1) is 12.6 Å². The van der Waals surface area contributed by atoms with Crippen LogP contribution >= 0.6 is 0 Å². The first-order valence-corrected chi connectivity index (χ1v) is 13.6. The van der Waals surface area contributed by atoms with Crippen molar-refractivity contribution in [2.24, 2.45) is 0 Å². The molecule has 1 saturated carbocycles. The van der Waals surface area contributed by atoms with Crippen molar-refractivity contribution >= 4 is 52.2 Å². The van der Waals surface area contributed by atoms with Crippen LogP contribution in [-0.2, 0) is 9.59 Å². The van der Waals surface area contributed by atoms with Gasteiger partial charge in [0.1, 0.15) is 11.6 Å². The number of aromatic nitrogens is 4. The minimum Gasteiger partial charge on any atom is -0.382 e. The van der Waals surface area contributed by atoms with Crippen molar-refractivity contribution in [3.63, 3.8) is 0 Å². The van der Waals surface area contributed by atoms with Crippen LogP contribution in [0.25, 0.3) is 11.7 Å². The molecule has 40 heavy (non-hydrogen) atoms. The summed E-state index contributed by atoms with van der Waals surface area (Å²) in [7, 11) is 0. The van der Waals surface area contributed by atoms with Crippen LogP contribution in [0.3, 0.4) is 0 Å². The number of hydrogen-bond donors (Lipinski definition) is 3. The number of hydrogen-bond acceptors (Lipinski definition) is 9. The van der Waals surface area contributed by atoms with Crippen LogP contribution in [0.4, 0.5) is 28.7 Å². The average Bonchev–Trinajstić information content (AvgIpc) is 3.61. The second-order valence-corrected chi connectivity index (χ2v) is 10.4. The maximum Gasteiger partial charge on any atom is 0.254 e. The highest BCUT2D eigenvalue weighted by atomic mass is 16.2. The molecule has 5 heterocycles. The van der Waals surface area contributed by atoms with E-state index in [0.717, 1.165) is 49.1 Å². The molecule has 0 atom stereocenters. The Morgan fingerprint density at radius 2 is 1.80 bits per heavy atom. The van der Waals surface area contributed by atoms with Gasteiger partial charge in [-0.15, -0.1) is 0 Å². The normalized spacial score (nSPS) is 18.4. The molecule has 3 aliphatic rings. The van der Waals surface area contributed by atoms with Crippen LogP contribution in [0.2, 0.25) is 0 Å². The molecule has 2 amide bonds. The van der Waals surface area contributed by atoms with E-state index in [9.17, 15) is 9.59 Å². The Morgan fingerprint density at radius 3 is 2.55 bits per heavy atom. The van der Waals surface area contributed by atoms with E-state index in [1.807, 2.05) is 30.6 Å². The van der Waals surface area contributed by atoms with E-state index < -0.39 is 0 Å². The van der Waals surface area contributed by atoms with Gasteiger partial charge >= 0.3 is 0 Å². The largest absolute Gasteiger partial charge is 0.382 e. The number of fused-ring (bicyclic) bond motifs is 1. The first-order valence-electron chi connectivity index (χ1n) is 13.6. The number of amides is 2. The maximum atomic E-state index is 12.0. The zero-order valence-corrected chi connectivity index (χ0v) is 21.9. The third-order valence-electron chi connectivity index (χ3n) is 7.38. The summed E-state index contributed by atoms with van der Waals surface area (Å²) >= 11 is 0. The molecule has 2 saturated heterocycles. The summed E-state index contributed by atoms with van der Waals surface area (Å²) in [6.07, 6.45) is 9.45. The summed E-state index contributed by atoms with van der Waals surface area (Å²) in [6, 6.07) is 14.9. The Bertz CT molecular complexity index is 1620. The highest BCUT2D eigenvalue weighted by Crippen LogP contribution is 2.32. The van der Waals surface area contributed by atoms with Crippen molar-refractivity contribution in [2.75, 3.05) is 46.6 Å². The van der Waals surface area contributed by atoms with Crippen LogP contribution in [0.15, 0.2) is 66.6 Å². The molecule has 7 rings (SSSR count). The molecule has 3 N–H and O–H groups in total. The maximum absolute atomic E-state index is 12.0. The van der Waals surface area contributed by atoms with E-state index in [0.29, 0.717) is 28.6 Å². The minimum absolute atomic E-state index is 0.0633. The van der Waals surface area contributed by atoms with Crippen molar-refractivity contribution in [2.45, 2.75) is 25.3 Å². The van der Waals surface area contributed by atoms with Crippen molar-refractivity contribution < 1.29 is 9.59 Å². The third kappa shape index (κ3) is 5.05. The van der Waals surface area contributed by atoms with E-state index in [4.69, 9.17) is 4.98 Å². The quantitative estimate of drug-likeness (QED) is 0.242. The molecule has 1 aromatic carbocycles. The molecule has 2 aliphatic heterocycles. The highest BCUT2D eigenvalue weighted by Gasteiger charge is 2.25. The Hall–Kier alpha value is -4.93. The van der Waals surface area contributed by atoms with Gasteiger partial charge in [-0.05, 0) is 55.3 Å². The molecule has 11 heteroatoms. The number of nitrogens with one attached hydrogen (secondary N) is 3. The lowest BCUT2D eigenvalue weighted by molar-refractivity contribution is -0.124. The van der Waals surface area contributed by atoms with E-state index in [1.165, 1.54) is 12.8 Å². The summed E-state index contributed by atoms with van der Waals surface area (Å²) < 4.78 is 1.66. The molecule has 1 aliphatic carbocycles. The molecule has 0 bridgehead atoms. The Labute approximate surface area is 230 Å². The highest BCUT2D eigenvalue weighted by molar-refractivity contribution is 6.15. The number of piperazine rings is 1. The molecule has 202 valence electrons. The fourth-order valence-electron chi connectivity index (χ4n) is 5.16. The molecule has 0 unspecified atom stereocenters. The fraction of sp³-hybridized carbons (Fsp3) is 0.276. The number of imide groups is 1. The molecule has 4 aromatic rings. The molecule has 3 fully saturated rings. The molecule has 0 radical (unpaired) electrons. The Kier molecular flexibility index (Phi) is 6.03. The van der Waals surface area contributed by atoms with Gasteiger partial charge in [-0.3, -0.25) is 14.9 Å². The van der Waals surface area contributed by atoms with Gasteiger partial charge in [-0.25, -0.2) is 14.5 Å². The standard InChI is InChI=1S/C29H29N9O2/c39-27-14-19(29(40)35-27)13-20-18-31-38-8-6-25(34-28(20)38)33-23-15-22(32-21-4-5-21)16-24(17-23)36-9-11-37(12-10-36)26-3-1-2-7-30-26/h1-3,6-8,13,15-18,21,32H,4-5,9-12,14H2,(H,33,34)(H,35,39,40)/b19-13-. The van der Waals surface area contributed by atoms with Crippen LogP contribution < -0.4 is 25.8 Å². The Balaban J connectivity index is 1.13. The average molecular weight is 536 g/mol. The number of pyridine rings is 1. The van der Waals surface area contributed by atoms with Crippen molar-refractivity contribution in [1.82, 2.24) is 24.9 Å². The minimum atomic E-state index is -0.369. The van der Waals surface area contributed by atoms with Gasteiger partial charge in [0, 0.05) is 72.8 Å². The second-order valence-electron chi connectivity index (χ2n) is 10.4. The lowest BCUT2D eigenvalue weighted by Crippen LogP contribution is -2.46. The monoisotopic (exact) mass is 535 g/mol. The molecule has 3 aromatic heterocycles. The number of rotatable bonds is 7. The predicted molar refractivity (Wildman–Crippen MR) is 154 cm³/mol. The smallest absolute Gasteiger partial charge is 0.254 e. The molecular formula is C29H29N9O2.